The molecule has 1 aromatic heterocycles. The van der Waals surface area contributed by atoms with Crippen LogP contribution < -0.4 is 15.2 Å². The Morgan fingerprint density at radius 2 is 1.60 bits per heavy atom. The first-order valence-electron chi connectivity index (χ1n) is 12.0. The fourth-order valence-corrected chi connectivity index (χ4v) is 4.89. The van der Waals surface area contributed by atoms with Crippen LogP contribution in [0.4, 0.5) is 11.4 Å². The Morgan fingerprint density at radius 3 is 2.20 bits per heavy atom. The second kappa shape index (κ2) is 9.37. The molecule has 6 heteroatoms. The second-order valence-corrected chi connectivity index (χ2v) is 9.56. The Balaban J connectivity index is 1.54. The number of carbonyl (C=O) groups excluding carboxylic acids is 1. The van der Waals surface area contributed by atoms with Gasteiger partial charge in [0.1, 0.15) is 6.04 Å². The van der Waals surface area contributed by atoms with Crippen LogP contribution in [0.25, 0.3) is 6.08 Å². The molecule has 1 amide bonds. The average molecular weight is 469 g/mol. The lowest BCUT2D eigenvalue weighted by Gasteiger charge is -2.26. The van der Waals surface area contributed by atoms with E-state index in [9.17, 15) is 4.79 Å². The summed E-state index contributed by atoms with van der Waals surface area (Å²) in [6, 6.07) is 20.3. The van der Waals surface area contributed by atoms with E-state index in [1.165, 1.54) is 16.8 Å². The van der Waals surface area contributed by atoms with Crippen LogP contribution in [0, 0.1) is 0 Å². The van der Waals surface area contributed by atoms with Gasteiger partial charge < -0.3 is 14.2 Å². The standard InChI is InChI=1S/C29H32N4O2/c1-31(2)23-14-10-20(11-15-23)19-22-7-5-8-25-27(22)30-33(29(34)26-9-6-18-35-26)28(25)21-12-16-24(17-13-21)32(3)4/h6,9-19,28,30H,5,7-8H2,1-4H3/b22-19+/t28-/m0/s1. The van der Waals surface area contributed by atoms with Crippen LogP contribution in [0.5, 0.6) is 0 Å². The van der Waals surface area contributed by atoms with Crippen molar-refractivity contribution in [3.05, 3.63) is 101 Å². The number of hydrogen-bond donors (Lipinski definition) is 1. The van der Waals surface area contributed by atoms with Gasteiger partial charge in [-0.05, 0) is 84.0 Å². The molecule has 6 nitrogen and oxygen atoms in total. The molecule has 0 fully saturated rings. The molecule has 1 N–H and O–H groups in total. The minimum Gasteiger partial charge on any atom is -0.459 e. The maximum atomic E-state index is 13.5. The number of carbonyl (C=O) groups is 1. The average Bonchev–Trinajstić information content (AvgIpc) is 3.53. The van der Waals surface area contributed by atoms with Crippen molar-refractivity contribution in [2.45, 2.75) is 25.3 Å². The molecule has 1 aliphatic heterocycles. The van der Waals surface area contributed by atoms with E-state index in [-0.39, 0.29) is 11.9 Å². The smallest absolute Gasteiger partial charge is 0.308 e. The van der Waals surface area contributed by atoms with Crippen molar-refractivity contribution in [2.75, 3.05) is 38.0 Å². The van der Waals surface area contributed by atoms with Crippen LogP contribution in [0.1, 0.15) is 47.0 Å². The van der Waals surface area contributed by atoms with Crippen molar-refractivity contribution in [2.24, 2.45) is 0 Å². The van der Waals surface area contributed by atoms with Gasteiger partial charge in [0.05, 0.1) is 12.0 Å². The van der Waals surface area contributed by atoms with E-state index < -0.39 is 0 Å². The minimum atomic E-state index is -0.182. The number of nitrogens with one attached hydrogen (secondary N) is 1. The molecular formula is C29H32N4O2. The zero-order valence-corrected chi connectivity index (χ0v) is 20.8. The lowest BCUT2D eigenvalue weighted by molar-refractivity contribution is 0.0623. The maximum absolute atomic E-state index is 13.5. The molecular weight excluding hydrogens is 436 g/mol. The van der Waals surface area contributed by atoms with Crippen LogP contribution >= 0.6 is 0 Å². The van der Waals surface area contributed by atoms with Crippen LogP contribution in [0.2, 0.25) is 0 Å². The van der Waals surface area contributed by atoms with Gasteiger partial charge in [-0.25, -0.2) is 5.01 Å². The zero-order chi connectivity index (χ0) is 24.5. The molecule has 2 aliphatic rings. The van der Waals surface area contributed by atoms with Gasteiger partial charge in [0.15, 0.2) is 5.76 Å². The Morgan fingerprint density at radius 1 is 0.943 bits per heavy atom. The molecule has 0 radical (unpaired) electrons. The fraction of sp³-hybridized carbons (Fsp3) is 0.276. The Hall–Kier alpha value is -3.93. The Bertz CT molecular complexity index is 1250. The van der Waals surface area contributed by atoms with Gasteiger partial charge in [-0.15, -0.1) is 0 Å². The molecule has 2 aromatic carbocycles. The first-order valence-corrected chi connectivity index (χ1v) is 12.0. The molecule has 1 aliphatic carbocycles. The van der Waals surface area contributed by atoms with Crippen molar-refractivity contribution in [3.63, 3.8) is 0 Å². The summed E-state index contributed by atoms with van der Waals surface area (Å²) in [6.45, 7) is 0. The molecule has 5 rings (SSSR count). The van der Waals surface area contributed by atoms with E-state index in [0.717, 1.165) is 41.8 Å². The van der Waals surface area contributed by atoms with Crippen molar-refractivity contribution >= 4 is 23.4 Å². The van der Waals surface area contributed by atoms with Gasteiger partial charge in [-0.1, -0.05) is 24.3 Å². The van der Waals surface area contributed by atoms with Gasteiger partial charge >= 0.3 is 5.91 Å². The van der Waals surface area contributed by atoms with Crippen molar-refractivity contribution in [1.29, 1.82) is 0 Å². The number of benzene rings is 2. The SMILES string of the molecule is CN(C)c1ccc(/C=C2\CCCC3=C2NN(C(=O)c2ccco2)[C@H]3c2ccc(N(C)C)cc2)cc1. The quantitative estimate of drug-likeness (QED) is 0.526. The van der Waals surface area contributed by atoms with Crippen molar-refractivity contribution in [1.82, 2.24) is 10.4 Å². The summed E-state index contributed by atoms with van der Waals surface area (Å²) in [5.74, 6) is 0.165. The third-order valence-corrected chi connectivity index (χ3v) is 6.78. The molecule has 0 spiro atoms. The van der Waals surface area contributed by atoms with E-state index in [1.807, 2.05) is 28.2 Å². The number of hydrogen-bond acceptors (Lipinski definition) is 5. The topological polar surface area (TPSA) is 52.0 Å². The first kappa shape index (κ1) is 22.8. The lowest BCUT2D eigenvalue weighted by Crippen LogP contribution is -2.40. The Kier molecular flexibility index (Phi) is 6.12. The minimum absolute atomic E-state index is 0.166. The van der Waals surface area contributed by atoms with E-state index in [0.29, 0.717) is 5.76 Å². The third kappa shape index (κ3) is 4.44. The van der Waals surface area contributed by atoms with Gasteiger partial charge in [-0.3, -0.25) is 10.2 Å². The van der Waals surface area contributed by atoms with Crippen LogP contribution in [-0.2, 0) is 0 Å². The predicted octanol–water partition coefficient (Wildman–Crippen LogP) is 5.63. The molecule has 180 valence electrons. The van der Waals surface area contributed by atoms with E-state index in [4.69, 9.17) is 4.42 Å². The largest absolute Gasteiger partial charge is 0.459 e. The summed E-state index contributed by atoms with van der Waals surface area (Å²) >= 11 is 0. The molecule has 2 heterocycles. The summed E-state index contributed by atoms with van der Waals surface area (Å²) in [5.41, 5.74) is 11.6. The van der Waals surface area contributed by atoms with Crippen LogP contribution in [0.3, 0.4) is 0 Å². The van der Waals surface area contributed by atoms with Crippen molar-refractivity contribution in [3.8, 4) is 0 Å². The zero-order valence-electron chi connectivity index (χ0n) is 20.8. The number of hydrazine groups is 1. The highest BCUT2D eigenvalue weighted by atomic mass is 16.3. The number of furan rings is 1. The summed E-state index contributed by atoms with van der Waals surface area (Å²) in [6.07, 6.45) is 6.75. The van der Waals surface area contributed by atoms with Crippen LogP contribution in [-0.4, -0.2) is 39.1 Å². The highest BCUT2D eigenvalue weighted by Crippen LogP contribution is 2.44. The summed E-state index contributed by atoms with van der Waals surface area (Å²) in [5, 5.41) is 1.74. The normalized spacial score (nSPS) is 18.5. The monoisotopic (exact) mass is 468 g/mol. The second-order valence-electron chi connectivity index (χ2n) is 9.56. The molecule has 35 heavy (non-hydrogen) atoms. The van der Waals surface area contributed by atoms with Gasteiger partial charge in [0, 0.05) is 39.6 Å². The molecule has 1 atom stereocenters. The van der Waals surface area contributed by atoms with Gasteiger partial charge in [0.25, 0.3) is 0 Å². The maximum Gasteiger partial charge on any atom is 0.308 e. The fourth-order valence-electron chi connectivity index (χ4n) is 4.89. The highest BCUT2D eigenvalue weighted by molar-refractivity contribution is 5.92. The number of anilines is 2. The van der Waals surface area contributed by atoms with E-state index >= 15 is 0 Å². The lowest BCUT2D eigenvalue weighted by atomic mass is 9.85. The first-order chi connectivity index (χ1) is 16.9. The van der Waals surface area contributed by atoms with Gasteiger partial charge in [0.2, 0.25) is 0 Å². The molecule has 0 unspecified atom stereocenters. The number of allylic oxidation sites excluding steroid dienone is 1. The number of nitrogens with zero attached hydrogens (tertiary/aromatic N) is 3. The highest BCUT2D eigenvalue weighted by Gasteiger charge is 2.40. The summed E-state index contributed by atoms with van der Waals surface area (Å²) < 4.78 is 5.47. The van der Waals surface area contributed by atoms with Gasteiger partial charge in [-0.2, -0.15) is 0 Å². The van der Waals surface area contributed by atoms with Crippen LogP contribution in [0.15, 0.2) is 88.2 Å². The molecule has 3 aromatic rings. The number of rotatable bonds is 5. The van der Waals surface area contributed by atoms with E-state index in [1.54, 1.807) is 23.4 Å². The molecule has 0 bridgehead atoms. The summed E-state index contributed by atoms with van der Waals surface area (Å²) in [4.78, 5) is 17.7. The third-order valence-electron chi connectivity index (χ3n) is 6.78. The predicted molar refractivity (Wildman–Crippen MR) is 141 cm³/mol. The number of amides is 1. The summed E-state index contributed by atoms with van der Waals surface area (Å²) in [7, 11) is 8.15. The molecule has 0 saturated carbocycles. The molecule has 0 saturated heterocycles. The Labute approximate surface area is 207 Å². The van der Waals surface area contributed by atoms with E-state index in [2.05, 4.69) is 69.8 Å². The van der Waals surface area contributed by atoms with Crippen molar-refractivity contribution < 1.29 is 9.21 Å².